The molecule has 0 unspecified atom stereocenters. The van der Waals surface area contributed by atoms with Crippen molar-refractivity contribution in [3.05, 3.63) is 18.0 Å². The van der Waals surface area contributed by atoms with Crippen LogP contribution in [-0.4, -0.2) is 23.0 Å². The number of aromatic nitrogens is 2. The minimum Gasteiger partial charge on any atom is -0.379 e. The van der Waals surface area contributed by atoms with Crippen molar-refractivity contribution in [1.82, 2.24) is 9.78 Å². The minimum absolute atomic E-state index is 0.532. The molecule has 1 aromatic heterocycles. The lowest BCUT2D eigenvalue weighted by Gasteiger charge is -2.08. The van der Waals surface area contributed by atoms with Crippen LogP contribution in [0.25, 0.3) is 0 Å². The maximum Gasteiger partial charge on any atom is 0.0662 e. The predicted octanol–water partition coefficient (Wildman–Crippen LogP) is 1.01. The Labute approximate surface area is 85.0 Å². The number of rotatable bonds is 6. The van der Waals surface area contributed by atoms with Crippen molar-refractivity contribution < 1.29 is 4.74 Å². The second-order valence-corrected chi connectivity index (χ2v) is 3.72. The van der Waals surface area contributed by atoms with Crippen molar-refractivity contribution in [2.75, 3.05) is 13.2 Å². The van der Waals surface area contributed by atoms with Crippen molar-refractivity contribution in [3.8, 4) is 0 Å². The summed E-state index contributed by atoms with van der Waals surface area (Å²) in [6, 6.07) is 1.93. The third kappa shape index (κ3) is 3.47. The maximum atomic E-state index is 5.55. The standard InChI is InChI=1S/C10H19N3O/c1-9(2)8-14-6-5-13-10(7-11)3-4-12-13/h3-4,9H,5-8,11H2,1-2H3. The third-order valence-electron chi connectivity index (χ3n) is 1.91. The number of hydrogen-bond donors (Lipinski definition) is 1. The lowest BCUT2D eigenvalue weighted by Crippen LogP contribution is -2.14. The zero-order valence-corrected chi connectivity index (χ0v) is 8.94. The topological polar surface area (TPSA) is 53.1 Å². The van der Waals surface area contributed by atoms with Gasteiger partial charge in [-0.05, 0) is 12.0 Å². The molecule has 0 saturated carbocycles. The average molecular weight is 197 g/mol. The molecule has 1 rings (SSSR count). The summed E-state index contributed by atoms with van der Waals surface area (Å²) in [6.07, 6.45) is 1.77. The molecule has 2 N–H and O–H groups in total. The van der Waals surface area contributed by atoms with Gasteiger partial charge in [-0.1, -0.05) is 13.8 Å². The largest absolute Gasteiger partial charge is 0.379 e. The van der Waals surface area contributed by atoms with Gasteiger partial charge < -0.3 is 10.5 Å². The van der Waals surface area contributed by atoms with E-state index in [2.05, 4.69) is 18.9 Å². The molecule has 0 fully saturated rings. The van der Waals surface area contributed by atoms with Crippen molar-refractivity contribution in [2.45, 2.75) is 26.9 Å². The van der Waals surface area contributed by atoms with Gasteiger partial charge in [-0.2, -0.15) is 5.10 Å². The Morgan fingerprint density at radius 2 is 2.36 bits per heavy atom. The molecule has 80 valence electrons. The van der Waals surface area contributed by atoms with E-state index in [4.69, 9.17) is 10.5 Å². The maximum absolute atomic E-state index is 5.55. The fraction of sp³-hybridized carbons (Fsp3) is 0.700. The molecule has 0 aliphatic carbocycles. The van der Waals surface area contributed by atoms with Crippen LogP contribution < -0.4 is 5.73 Å². The van der Waals surface area contributed by atoms with Gasteiger partial charge in [-0.3, -0.25) is 4.68 Å². The van der Waals surface area contributed by atoms with Gasteiger partial charge in [0.15, 0.2) is 0 Å². The Balaban J connectivity index is 2.24. The molecule has 14 heavy (non-hydrogen) atoms. The monoisotopic (exact) mass is 197 g/mol. The molecule has 0 atom stereocenters. The van der Waals surface area contributed by atoms with Gasteiger partial charge in [0.05, 0.1) is 18.8 Å². The highest BCUT2D eigenvalue weighted by molar-refractivity contribution is 4.99. The van der Waals surface area contributed by atoms with E-state index in [1.807, 2.05) is 10.7 Å². The van der Waals surface area contributed by atoms with E-state index in [-0.39, 0.29) is 0 Å². The van der Waals surface area contributed by atoms with Crippen molar-refractivity contribution in [3.63, 3.8) is 0 Å². The molecule has 0 aliphatic rings. The minimum atomic E-state index is 0.532. The van der Waals surface area contributed by atoms with Gasteiger partial charge in [-0.25, -0.2) is 0 Å². The quantitative estimate of drug-likeness (QED) is 0.693. The first-order chi connectivity index (χ1) is 6.74. The summed E-state index contributed by atoms with van der Waals surface area (Å²) in [6.45, 7) is 7.10. The summed E-state index contributed by atoms with van der Waals surface area (Å²) >= 11 is 0. The fourth-order valence-corrected chi connectivity index (χ4v) is 1.20. The highest BCUT2D eigenvalue weighted by Crippen LogP contribution is 1.98. The lowest BCUT2D eigenvalue weighted by molar-refractivity contribution is 0.100. The second-order valence-electron chi connectivity index (χ2n) is 3.72. The van der Waals surface area contributed by atoms with Gasteiger partial charge in [0.1, 0.15) is 0 Å². The van der Waals surface area contributed by atoms with E-state index in [0.29, 0.717) is 19.1 Å². The molecule has 1 aromatic rings. The summed E-state index contributed by atoms with van der Waals surface area (Å²) in [5.74, 6) is 0.585. The van der Waals surface area contributed by atoms with Crippen molar-refractivity contribution in [2.24, 2.45) is 11.7 Å². The number of nitrogens with zero attached hydrogens (tertiary/aromatic N) is 2. The summed E-state index contributed by atoms with van der Waals surface area (Å²) < 4.78 is 7.36. The van der Waals surface area contributed by atoms with Crippen LogP contribution in [0.3, 0.4) is 0 Å². The molecule has 0 spiro atoms. The van der Waals surface area contributed by atoms with Gasteiger partial charge in [0, 0.05) is 19.3 Å². The molecule has 0 saturated heterocycles. The Morgan fingerprint density at radius 3 is 3.00 bits per heavy atom. The second kappa shape index (κ2) is 5.78. The van der Waals surface area contributed by atoms with Crippen molar-refractivity contribution in [1.29, 1.82) is 0 Å². The van der Waals surface area contributed by atoms with E-state index in [1.54, 1.807) is 6.20 Å². The Kier molecular flexibility index (Phi) is 4.62. The van der Waals surface area contributed by atoms with Gasteiger partial charge >= 0.3 is 0 Å². The Hall–Kier alpha value is -0.870. The zero-order valence-electron chi connectivity index (χ0n) is 8.94. The summed E-state index contributed by atoms with van der Waals surface area (Å²) in [5.41, 5.74) is 6.60. The SMILES string of the molecule is CC(C)COCCn1nccc1CN. The Bertz CT molecular complexity index is 258. The molecule has 0 aliphatic heterocycles. The molecular weight excluding hydrogens is 178 g/mol. The summed E-state index contributed by atoms with van der Waals surface area (Å²) in [4.78, 5) is 0. The third-order valence-corrected chi connectivity index (χ3v) is 1.91. The first-order valence-corrected chi connectivity index (χ1v) is 5.02. The van der Waals surface area contributed by atoms with E-state index in [1.165, 1.54) is 0 Å². The van der Waals surface area contributed by atoms with Gasteiger partial charge in [-0.15, -0.1) is 0 Å². The van der Waals surface area contributed by atoms with E-state index in [9.17, 15) is 0 Å². The first kappa shape index (κ1) is 11.2. The van der Waals surface area contributed by atoms with Crippen LogP contribution in [0.15, 0.2) is 12.3 Å². The first-order valence-electron chi connectivity index (χ1n) is 5.02. The molecule has 0 radical (unpaired) electrons. The summed E-state index contributed by atoms with van der Waals surface area (Å²) in [7, 11) is 0. The molecule has 4 nitrogen and oxygen atoms in total. The van der Waals surface area contributed by atoms with Gasteiger partial charge in [0.25, 0.3) is 0 Å². The molecule has 1 heterocycles. The smallest absolute Gasteiger partial charge is 0.0662 e. The highest BCUT2D eigenvalue weighted by atomic mass is 16.5. The van der Waals surface area contributed by atoms with Gasteiger partial charge in [0.2, 0.25) is 0 Å². The summed E-state index contributed by atoms with van der Waals surface area (Å²) in [5, 5.41) is 4.16. The lowest BCUT2D eigenvalue weighted by atomic mass is 10.2. The van der Waals surface area contributed by atoms with Crippen LogP contribution in [0.2, 0.25) is 0 Å². The van der Waals surface area contributed by atoms with Crippen molar-refractivity contribution >= 4 is 0 Å². The van der Waals surface area contributed by atoms with Crippen LogP contribution in [0.5, 0.6) is 0 Å². The van der Waals surface area contributed by atoms with E-state index in [0.717, 1.165) is 18.8 Å². The Morgan fingerprint density at radius 1 is 1.57 bits per heavy atom. The molecule has 0 amide bonds. The van der Waals surface area contributed by atoms with Crippen LogP contribution in [0.1, 0.15) is 19.5 Å². The van der Waals surface area contributed by atoms with Crippen LogP contribution in [0.4, 0.5) is 0 Å². The highest BCUT2D eigenvalue weighted by Gasteiger charge is 2.00. The average Bonchev–Trinajstić information content (AvgIpc) is 2.59. The molecular formula is C10H19N3O. The molecule has 0 bridgehead atoms. The van der Waals surface area contributed by atoms with Crippen LogP contribution in [-0.2, 0) is 17.8 Å². The molecule has 4 heteroatoms. The number of ether oxygens (including phenoxy) is 1. The normalized spacial score (nSPS) is 11.1. The number of nitrogens with two attached hydrogens (primary N) is 1. The zero-order chi connectivity index (χ0) is 10.4. The predicted molar refractivity (Wildman–Crippen MR) is 55.8 cm³/mol. The molecule has 0 aromatic carbocycles. The van der Waals surface area contributed by atoms with Crippen LogP contribution in [0, 0.1) is 5.92 Å². The van der Waals surface area contributed by atoms with Crippen LogP contribution >= 0.6 is 0 Å². The number of hydrogen-bond acceptors (Lipinski definition) is 3. The fourth-order valence-electron chi connectivity index (χ4n) is 1.20. The van der Waals surface area contributed by atoms with E-state index >= 15 is 0 Å². The van der Waals surface area contributed by atoms with E-state index < -0.39 is 0 Å².